The van der Waals surface area contributed by atoms with Crippen molar-refractivity contribution in [3.05, 3.63) is 12.2 Å². The molecule has 3 rings (SSSR count). The summed E-state index contributed by atoms with van der Waals surface area (Å²) < 4.78 is 0. The van der Waals surface area contributed by atoms with Gasteiger partial charge in [-0.3, -0.25) is 4.79 Å². The van der Waals surface area contributed by atoms with Crippen LogP contribution < -0.4 is 5.32 Å². The van der Waals surface area contributed by atoms with Crippen LogP contribution >= 0.6 is 0 Å². The van der Waals surface area contributed by atoms with Gasteiger partial charge in [-0.05, 0) is 18.8 Å². The SMILES string of the molecule is O=C1NCC2C=CC1CC2. The van der Waals surface area contributed by atoms with Crippen LogP contribution in [0.3, 0.4) is 0 Å². The summed E-state index contributed by atoms with van der Waals surface area (Å²) in [5.41, 5.74) is 0. The van der Waals surface area contributed by atoms with E-state index in [1.165, 1.54) is 6.42 Å². The number of hydrogen-bond acceptors (Lipinski definition) is 1. The number of hydrogen-bond donors (Lipinski definition) is 1. The van der Waals surface area contributed by atoms with Crippen molar-refractivity contribution >= 4 is 5.91 Å². The standard InChI is InChI=1S/C8H11NO/c10-8-7-3-1-6(2-4-7)5-9-8/h1,3,6-7H,2,4-5H2,(H,9,10). The lowest BCUT2D eigenvalue weighted by molar-refractivity contribution is -0.123. The van der Waals surface area contributed by atoms with Gasteiger partial charge in [-0.15, -0.1) is 0 Å². The Morgan fingerprint density at radius 2 is 2.30 bits per heavy atom. The molecule has 2 bridgehead atoms. The van der Waals surface area contributed by atoms with E-state index >= 15 is 0 Å². The van der Waals surface area contributed by atoms with Crippen molar-refractivity contribution in [1.29, 1.82) is 0 Å². The molecule has 54 valence electrons. The average Bonchev–Trinajstić information content (AvgIpc) is 2.24. The molecule has 10 heavy (non-hydrogen) atoms. The number of fused-ring (bicyclic) bond motifs is 3. The minimum atomic E-state index is 0.179. The van der Waals surface area contributed by atoms with Crippen molar-refractivity contribution < 1.29 is 4.79 Å². The van der Waals surface area contributed by atoms with E-state index in [4.69, 9.17) is 0 Å². The highest BCUT2D eigenvalue weighted by molar-refractivity contribution is 5.81. The Labute approximate surface area is 60.3 Å². The molecular weight excluding hydrogens is 126 g/mol. The first kappa shape index (κ1) is 5.96. The summed E-state index contributed by atoms with van der Waals surface area (Å²) in [5.74, 6) is 1.01. The monoisotopic (exact) mass is 137 g/mol. The van der Waals surface area contributed by atoms with Gasteiger partial charge in [0.05, 0.1) is 5.92 Å². The molecule has 0 saturated carbocycles. The van der Waals surface area contributed by atoms with Crippen LogP contribution in [0.5, 0.6) is 0 Å². The summed E-state index contributed by atoms with van der Waals surface area (Å²) in [6.07, 6.45) is 6.45. The third-order valence-electron chi connectivity index (χ3n) is 2.34. The van der Waals surface area contributed by atoms with E-state index in [9.17, 15) is 4.79 Å². The molecule has 1 amide bonds. The first-order chi connectivity index (χ1) is 4.86. The predicted octanol–water partition coefficient (Wildman–Crippen LogP) is 0.699. The molecule has 2 heterocycles. The van der Waals surface area contributed by atoms with Gasteiger partial charge in [0.1, 0.15) is 0 Å². The number of carbonyl (C=O) groups is 1. The van der Waals surface area contributed by atoms with E-state index in [0.29, 0.717) is 5.92 Å². The molecule has 1 saturated heterocycles. The van der Waals surface area contributed by atoms with Crippen molar-refractivity contribution in [2.45, 2.75) is 12.8 Å². The molecular formula is C8H11NO. The van der Waals surface area contributed by atoms with Crippen LogP contribution in [0.4, 0.5) is 0 Å². The zero-order valence-corrected chi connectivity index (χ0v) is 5.84. The molecule has 0 aromatic rings. The van der Waals surface area contributed by atoms with E-state index in [-0.39, 0.29) is 11.8 Å². The second-order valence-corrected chi connectivity index (χ2v) is 3.07. The van der Waals surface area contributed by atoms with Crippen LogP contribution in [0, 0.1) is 11.8 Å². The van der Waals surface area contributed by atoms with Crippen molar-refractivity contribution in [1.82, 2.24) is 5.32 Å². The first-order valence-electron chi connectivity index (χ1n) is 3.82. The van der Waals surface area contributed by atoms with Gasteiger partial charge in [0.15, 0.2) is 0 Å². The van der Waals surface area contributed by atoms with Gasteiger partial charge in [-0.1, -0.05) is 12.2 Å². The maximum Gasteiger partial charge on any atom is 0.226 e. The van der Waals surface area contributed by atoms with Crippen LogP contribution in [0.1, 0.15) is 12.8 Å². The largest absolute Gasteiger partial charge is 0.355 e. The quantitative estimate of drug-likeness (QED) is 0.489. The van der Waals surface area contributed by atoms with Crippen LogP contribution in [-0.2, 0) is 4.79 Å². The van der Waals surface area contributed by atoms with Crippen molar-refractivity contribution in [2.75, 3.05) is 6.54 Å². The Hall–Kier alpha value is -0.790. The summed E-state index contributed by atoms with van der Waals surface area (Å²) in [6, 6.07) is 0. The molecule has 2 nitrogen and oxygen atoms in total. The summed E-state index contributed by atoms with van der Waals surface area (Å²) in [5, 5.41) is 2.91. The highest BCUT2D eigenvalue weighted by Gasteiger charge is 2.25. The van der Waals surface area contributed by atoms with Gasteiger partial charge in [0.2, 0.25) is 5.91 Å². The number of carbonyl (C=O) groups excluding carboxylic acids is 1. The Bertz CT molecular complexity index is 186. The first-order valence-corrected chi connectivity index (χ1v) is 3.82. The number of rotatable bonds is 0. The topological polar surface area (TPSA) is 29.1 Å². The van der Waals surface area contributed by atoms with Crippen molar-refractivity contribution in [2.24, 2.45) is 11.8 Å². The van der Waals surface area contributed by atoms with Crippen LogP contribution in [0.2, 0.25) is 0 Å². The van der Waals surface area contributed by atoms with Crippen LogP contribution in [0.15, 0.2) is 12.2 Å². The lowest BCUT2D eigenvalue weighted by atomic mass is 9.91. The molecule has 0 aromatic carbocycles. The fourth-order valence-corrected chi connectivity index (χ4v) is 1.63. The van der Waals surface area contributed by atoms with Gasteiger partial charge in [0.25, 0.3) is 0 Å². The molecule has 2 atom stereocenters. The molecule has 0 spiro atoms. The normalized spacial score (nSPS) is 37.4. The van der Waals surface area contributed by atoms with Gasteiger partial charge >= 0.3 is 0 Å². The van der Waals surface area contributed by atoms with E-state index in [1.54, 1.807) is 0 Å². The third kappa shape index (κ3) is 0.838. The molecule has 2 aliphatic heterocycles. The van der Waals surface area contributed by atoms with Gasteiger partial charge in [-0.2, -0.15) is 0 Å². The van der Waals surface area contributed by atoms with Gasteiger partial charge in [0, 0.05) is 6.54 Å². The van der Waals surface area contributed by atoms with Crippen molar-refractivity contribution in [3.8, 4) is 0 Å². The molecule has 1 N–H and O–H groups in total. The van der Waals surface area contributed by atoms with E-state index in [2.05, 4.69) is 17.5 Å². The predicted molar refractivity (Wildman–Crippen MR) is 38.4 cm³/mol. The van der Waals surface area contributed by atoms with Crippen LogP contribution in [-0.4, -0.2) is 12.5 Å². The third-order valence-corrected chi connectivity index (χ3v) is 2.34. The van der Waals surface area contributed by atoms with Crippen LogP contribution in [0.25, 0.3) is 0 Å². The maximum atomic E-state index is 11.1. The van der Waals surface area contributed by atoms with Gasteiger partial charge in [-0.25, -0.2) is 0 Å². The molecule has 1 fully saturated rings. The maximum absolute atomic E-state index is 11.1. The summed E-state index contributed by atoms with van der Waals surface area (Å²) >= 11 is 0. The fraction of sp³-hybridized carbons (Fsp3) is 0.625. The summed E-state index contributed by atoms with van der Waals surface area (Å²) in [7, 11) is 0. The second-order valence-electron chi connectivity index (χ2n) is 3.07. The van der Waals surface area contributed by atoms with E-state index < -0.39 is 0 Å². The molecule has 0 aromatic heterocycles. The molecule has 1 aliphatic carbocycles. The second kappa shape index (κ2) is 2.11. The molecule has 3 aliphatic rings. The smallest absolute Gasteiger partial charge is 0.226 e. The van der Waals surface area contributed by atoms with E-state index in [1.807, 2.05) is 0 Å². The van der Waals surface area contributed by atoms with E-state index in [0.717, 1.165) is 13.0 Å². The average molecular weight is 137 g/mol. The zero-order chi connectivity index (χ0) is 6.97. The Morgan fingerprint density at radius 1 is 1.40 bits per heavy atom. The highest BCUT2D eigenvalue weighted by Crippen LogP contribution is 2.24. The summed E-state index contributed by atoms with van der Waals surface area (Å²) in [4.78, 5) is 11.1. The summed E-state index contributed by atoms with van der Waals surface area (Å²) in [6.45, 7) is 0.853. The number of nitrogens with one attached hydrogen (secondary N) is 1. The minimum absolute atomic E-state index is 0.179. The molecule has 2 unspecified atom stereocenters. The molecule has 0 radical (unpaired) electrons. The zero-order valence-electron chi connectivity index (χ0n) is 5.84. The Balaban J connectivity index is 2.25. The lowest BCUT2D eigenvalue weighted by Gasteiger charge is -2.12. The fourth-order valence-electron chi connectivity index (χ4n) is 1.63. The lowest BCUT2D eigenvalue weighted by Crippen LogP contribution is -2.27. The Morgan fingerprint density at radius 3 is 3.00 bits per heavy atom. The molecule has 2 heteroatoms. The van der Waals surface area contributed by atoms with Gasteiger partial charge < -0.3 is 5.32 Å². The Kier molecular flexibility index (Phi) is 1.26. The number of amides is 1. The van der Waals surface area contributed by atoms with Crippen molar-refractivity contribution in [3.63, 3.8) is 0 Å². The highest BCUT2D eigenvalue weighted by atomic mass is 16.1. The minimum Gasteiger partial charge on any atom is -0.355 e.